The van der Waals surface area contributed by atoms with Crippen LogP contribution in [-0.2, 0) is 4.79 Å². The van der Waals surface area contributed by atoms with Crippen LogP contribution in [0.1, 0.15) is 26.3 Å². The van der Waals surface area contributed by atoms with Crippen molar-refractivity contribution in [3.05, 3.63) is 111 Å². The number of fused-ring (bicyclic) bond motifs is 1. The lowest BCUT2D eigenvalue weighted by Crippen LogP contribution is -2.34. The molecule has 0 aliphatic rings. The van der Waals surface area contributed by atoms with Gasteiger partial charge in [0.25, 0.3) is 11.8 Å². The van der Waals surface area contributed by atoms with Gasteiger partial charge in [-0.15, -0.1) is 0 Å². The molecule has 4 aromatic carbocycles. The quantitative estimate of drug-likeness (QED) is 0.129. The number of ether oxygens (including phenoxy) is 1. The largest absolute Gasteiger partial charge is 0.422 e. The van der Waals surface area contributed by atoms with Crippen molar-refractivity contribution in [1.82, 2.24) is 10.7 Å². The SMILES string of the molecule is O=C(CNC(=O)c1cccc(Cl)c1)N/N=C\c1c(OC(=O)c2ccc(Cl)cc2Cl)ccc2ccccc12. The number of nitrogens with zero attached hydrogens (tertiary/aromatic N) is 1. The van der Waals surface area contributed by atoms with Gasteiger partial charge >= 0.3 is 5.97 Å². The number of rotatable bonds is 7. The molecule has 10 heteroatoms. The topological polar surface area (TPSA) is 96.9 Å². The number of benzene rings is 4. The Bertz CT molecular complexity index is 1540. The number of hydrogen-bond donors (Lipinski definition) is 2. The molecule has 7 nitrogen and oxygen atoms in total. The first-order valence-corrected chi connectivity index (χ1v) is 12.0. The fourth-order valence-corrected chi connectivity index (χ4v) is 4.08. The van der Waals surface area contributed by atoms with E-state index in [-0.39, 0.29) is 22.9 Å². The van der Waals surface area contributed by atoms with E-state index >= 15 is 0 Å². The van der Waals surface area contributed by atoms with Gasteiger partial charge in [-0.2, -0.15) is 5.10 Å². The van der Waals surface area contributed by atoms with Crippen LogP contribution in [0.4, 0.5) is 0 Å². The summed E-state index contributed by atoms with van der Waals surface area (Å²) in [4.78, 5) is 37.2. The van der Waals surface area contributed by atoms with Gasteiger partial charge in [-0.3, -0.25) is 9.59 Å². The molecule has 0 unspecified atom stereocenters. The van der Waals surface area contributed by atoms with Gasteiger partial charge in [0.2, 0.25) is 0 Å². The Morgan fingerprint density at radius 3 is 2.43 bits per heavy atom. The molecular formula is C27H18Cl3N3O4. The number of esters is 1. The molecule has 0 radical (unpaired) electrons. The van der Waals surface area contributed by atoms with Crippen molar-refractivity contribution in [1.29, 1.82) is 0 Å². The van der Waals surface area contributed by atoms with Crippen molar-refractivity contribution in [2.75, 3.05) is 6.54 Å². The molecule has 4 rings (SSSR count). The molecule has 0 bridgehead atoms. The molecule has 0 heterocycles. The van der Waals surface area contributed by atoms with E-state index in [0.29, 0.717) is 21.2 Å². The van der Waals surface area contributed by atoms with Gasteiger partial charge in [0.15, 0.2) is 0 Å². The fourth-order valence-electron chi connectivity index (χ4n) is 3.41. The Morgan fingerprint density at radius 2 is 1.65 bits per heavy atom. The summed E-state index contributed by atoms with van der Waals surface area (Å²) in [5.41, 5.74) is 3.28. The molecule has 0 aliphatic heterocycles. The van der Waals surface area contributed by atoms with Crippen molar-refractivity contribution < 1.29 is 19.1 Å². The van der Waals surface area contributed by atoms with E-state index in [4.69, 9.17) is 39.5 Å². The molecular weight excluding hydrogens is 537 g/mol. The predicted molar refractivity (Wildman–Crippen MR) is 145 cm³/mol. The van der Waals surface area contributed by atoms with E-state index in [0.717, 1.165) is 10.8 Å². The molecule has 0 atom stereocenters. The zero-order valence-corrected chi connectivity index (χ0v) is 21.3. The van der Waals surface area contributed by atoms with Crippen LogP contribution in [0, 0.1) is 0 Å². The van der Waals surface area contributed by atoms with Crippen molar-refractivity contribution in [3.63, 3.8) is 0 Å². The van der Waals surface area contributed by atoms with Gasteiger partial charge in [-0.1, -0.05) is 71.2 Å². The maximum Gasteiger partial charge on any atom is 0.345 e. The lowest BCUT2D eigenvalue weighted by molar-refractivity contribution is -0.120. The van der Waals surface area contributed by atoms with Crippen LogP contribution < -0.4 is 15.5 Å². The molecule has 0 aliphatic carbocycles. The van der Waals surface area contributed by atoms with Gasteiger partial charge in [-0.05, 0) is 53.2 Å². The summed E-state index contributed by atoms with van der Waals surface area (Å²) in [7, 11) is 0. The maximum absolute atomic E-state index is 12.8. The number of nitrogens with one attached hydrogen (secondary N) is 2. The molecule has 2 N–H and O–H groups in total. The number of carbonyl (C=O) groups excluding carboxylic acids is 3. The summed E-state index contributed by atoms with van der Waals surface area (Å²) >= 11 is 18.0. The Labute approximate surface area is 227 Å². The number of carbonyl (C=O) groups is 3. The van der Waals surface area contributed by atoms with E-state index in [1.807, 2.05) is 24.3 Å². The molecule has 4 aromatic rings. The van der Waals surface area contributed by atoms with E-state index in [1.165, 1.54) is 30.5 Å². The molecule has 0 aromatic heterocycles. The van der Waals surface area contributed by atoms with Crippen LogP contribution in [0.25, 0.3) is 10.8 Å². The first-order valence-electron chi connectivity index (χ1n) is 10.9. The average molecular weight is 555 g/mol. The number of halogens is 3. The van der Waals surface area contributed by atoms with E-state index in [9.17, 15) is 14.4 Å². The van der Waals surface area contributed by atoms with Crippen LogP contribution in [0.2, 0.25) is 15.1 Å². The Balaban J connectivity index is 1.49. The van der Waals surface area contributed by atoms with Gasteiger partial charge < -0.3 is 10.1 Å². The van der Waals surface area contributed by atoms with Crippen LogP contribution >= 0.6 is 34.8 Å². The maximum atomic E-state index is 12.8. The molecule has 0 spiro atoms. The monoisotopic (exact) mass is 553 g/mol. The molecule has 0 saturated carbocycles. The van der Waals surface area contributed by atoms with E-state index in [1.54, 1.807) is 30.3 Å². The van der Waals surface area contributed by atoms with Crippen LogP contribution in [0.5, 0.6) is 5.75 Å². The summed E-state index contributed by atoms with van der Waals surface area (Å²) in [6.07, 6.45) is 1.37. The summed E-state index contributed by atoms with van der Waals surface area (Å²) in [5.74, 6) is -1.48. The molecule has 0 saturated heterocycles. The number of hydrogen-bond acceptors (Lipinski definition) is 5. The summed E-state index contributed by atoms with van der Waals surface area (Å²) in [6, 6.07) is 21.6. The van der Waals surface area contributed by atoms with Gasteiger partial charge in [0.05, 0.1) is 23.3 Å². The first kappa shape index (κ1) is 26.2. The molecule has 2 amide bonds. The Kier molecular flexibility index (Phi) is 8.40. The Hall–Kier alpha value is -3.91. The summed E-state index contributed by atoms with van der Waals surface area (Å²) in [6.45, 7) is -0.310. The average Bonchev–Trinajstić information content (AvgIpc) is 2.88. The van der Waals surface area contributed by atoms with Gasteiger partial charge in [0.1, 0.15) is 5.75 Å². The standard InChI is InChI=1S/C27H18Cl3N3O4/c28-18-6-3-5-17(12-18)26(35)31-15-25(34)33-32-14-22-20-7-2-1-4-16(20)8-11-24(22)37-27(36)21-10-9-19(29)13-23(21)30/h1-14H,15H2,(H,31,35)(H,33,34)/b32-14-. The minimum Gasteiger partial charge on any atom is -0.422 e. The highest BCUT2D eigenvalue weighted by Gasteiger charge is 2.16. The fraction of sp³-hybridized carbons (Fsp3) is 0.0370. The molecule has 186 valence electrons. The zero-order valence-electron chi connectivity index (χ0n) is 19.0. The van der Waals surface area contributed by atoms with Crippen LogP contribution in [0.3, 0.4) is 0 Å². The minimum atomic E-state index is -0.681. The van der Waals surface area contributed by atoms with E-state index in [2.05, 4.69) is 15.8 Å². The normalized spacial score (nSPS) is 10.9. The lowest BCUT2D eigenvalue weighted by atomic mass is 10.0. The summed E-state index contributed by atoms with van der Waals surface area (Å²) < 4.78 is 5.62. The second-order valence-electron chi connectivity index (χ2n) is 7.70. The highest BCUT2D eigenvalue weighted by molar-refractivity contribution is 6.36. The third-order valence-corrected chi connectivity index (χ3v) is 5.95. The van der Waals surface area contributed by atoms with Crippen LogP contribution in [-0.4, -0.2) is 30.5 Å². The second kappa shape index (κ2) is 11.9. The molecule has 0 fully saturated rings. The van der Waals surface area contributed by atoms with E-state index < -0.39 is 17.8 Å². The van der Waals surface area contributed by atoms with Crippen molar-refractivity contribution in [3.8, 4) is 5.75 Å². The third kappa shape index (κ3) is 6.65. The molecule has 37 heavy (non-hydrogen) atoms. The van der Waals surface area contributed by atoms with Crippen LogP contribution in [0.15, 0.2) is 84.0 Å². The number of hydrazone groups is 1. The Morgan fingerprint density at radius 1 is 0.865 bits per heavy atom. The lowest BCUT2D eigenvalue weighted by Gasteiger charge is -2.11. The first-order chi connectivity index (χ1) is 17.8. The van der Waals surface area contributed by atoms with Crippen molar-refractivity contribution in [2.24, 2.45) is 5.10 Å². The smallest absolute Gasteiger partial charge is 0.345 e. The summed E-state index contributed by atoms with van der Waals surface area (Å²) in [5, 5.41) is 9.05. The van der Waals surface area contributed by atoms with Gasteiger partial charge in [0, 0.05) is 21.2 Å². The van der Waals surface area contributed by atoms with Gasteiger partial charge in [-0.25, -0.2) is 10.2 Å². The highest BCUT2D eigenvalue weighted by Crippen LogP contribution is 2.29. The van der Waals surface area contributed by atoms with Crippen molar-refractivity contribution >= 4 is 69.6 Å². The number of amides is 2. The second-order valence-corrected chi connectivity index (χ2v) is 8.98. The van der Waals surface area contributed by atoms with Crippen molar-refractivity contribution in [2.45, 2.75) is 0 Å². The minimum absolute atomic E-state index is 0.144. The zero-order chi connectivity index (χ0) is 26.4. The highest BCUT2D eigenvalue weighted by atomic mass is 35.5. The third-order valence-electron chi connectivity index (χ3n) is 5.16. The predicted octanol–water partition coefficient (Wildman–Crippen LogP) is 5.90.